The highest BCUT2D eigenvalue weighted by Crippen LogP contribution is 2.42. The van der Waals surface area contributed by atoms with Crippen molar-refractivity contribution in [1.82, 2.24) is 0 Å². The lowest BCUT2D eigenvalue weighted by Gasteiger charge is -2.19. The highest BCUT2D eigenvalue weighted by Gasteiger charge is 2.24. The van der Waals surface area contributed by atoms with Gasteiger partial charge in [0.15, 0.2) is 0 Å². The number of aryl methyl sites for hydroxylation is 3. The van der Waals surface area contributed by atoms with E-state index in [0.717, 1.165) is 76.6 Å². The summed E-state index contributed by atoms with van der Waals surface area (Å²) in [6.45, 7) is 12.1. The van der Waals surface area contributed by atoms with E-state index < -0.39 is 0 Å². The van der Waals surface area contributed by atoms with Crippen LogP contribution in [0.3, 0.4) is 0 Å². The largest absolute Gasteiger partial charge is 1.00 e. The number of hydrogen-bond donors (Lipinski definition) is 1. The number of fused-ring (bicyclic) bond motifs is 2. The Balaban J connectivity index is 0.00000529. The van der Waals surface area contributed by atoms with Gasteiger partial charge in [-0.1, -0.05) is 96.3 Å². The van der Waals surface area contributed by atoms with Crippen molar-refractivity contribution in [2.45, 2.75) is 112 Å². The van der Waals surface area contributed by atoms with Crippen molar-refractivity contribution in [2.24, 2.45) is 0 Å². The van der Waals surface area contributed by atoms with Crippen LogP contribution in [0, 0.1) is 13.8 Å². The molecule has 1 heterocycles. The zero-order valence-electron chi connectivity index (χ0n) is 27.6. The maximum atomic E-state index is 13.5. The topological polar surface area (TPSA) is 53.4 Å². The van der Waals surface area contributed by atoms with Crippen LogP contribution in [0.4, 0.5) is 0 Å². The van der Waals surface area contributed by atoms with Gasteiger partial charge in [0.25, 0.3) is 0 Å². The van der Waals surface area contributed by atoms with Gasteiger partial charge in [0.05, 0.1) is 18.2 Å². The number of carbonyl (C=O) groups excluding carboxylic acids is 1. The molecule has 238 valence electrons. The van der Waals surface area contributed by atoms with Gasteiger partial charge in [0, 0.05) is 22.1 Å². The Morgan fingerprint density at radius 3 is 2.14 bits per heavy atom. The fourth-order valence-electron chi connectivity index (χ4n) is 6.16. The maximum Gasteiger partial charge on any atom is 0.338 e. The highest BCUT2D eigenvalue weighted by atomic mass is 79.9. The fourth-order valence-corrected chi connectivity index (χ4v) is 6.16. The molecule has 1 N–H and O–H groups in total. The Bertz CT molecular complexity index is 1540. The van der Waals surface area contributed by atoms with E-state index >= 15 is 0 Å². The predicted octanol–water partition coefficient (Wildman–Crippen LogP) is 5.86. The van der Waals surface area contributed by atoms with Gasteiger partial charge in [0.1, 0.15) is 17.9 Å². The first-order valence-corrected chi connectivity index (χ1v) is 16.8. The number of hydrogen-bond acceptors (Lipinski definition) is 3. The molecule has 0 radical (unpaired) electrons. The van der Waals surface area contributed by atoms with Gasteiger partial charge < -0.3 is 26.1 Å². The average Bonchev–Trinajstić information content (AvgIpc) is 3.00. The molecule has 44 heavy (non-hydrogen) atoms. The lowest BCUT2D eigenvalue weighted by atomic mass is 9.88. The zero-order chi connectivity index (χ0) is 30.6. The average molecular weight is 663 g/mol. The number of carbonyl (C=O) groups is 1. The third-order valence-electron chi connectivity index (χ3n) is 8.56. The van der Waals surface area contributed by atoms with Crippen molar-refractivity contribution in [3.63, 3.8) is 0 Å². The molecule has 0 unspecified atom stereocenters. The first-order chi connectivity index (χ1) is 21.0. The van der Waals surface area contributed by atoms with Crippen LogP contribution in [0.15, 0.2) is 52.9 Å². The molecule has 4 nitrogen and oxygen atoms in total. The monoisotopic (exact) mass is 661 g/mol. The molecule has 1 aliphatic heterocycles. The minimum atomic E-state index is -0.256. The molecule has 4 rings (SSSR count). The molecule has 2 aromatic carbocycles. The summed E-state index contributed by atoms with van der Waals surface area (Å²) in [7, 11) is 0. The van der Waals surface area contributed by atoms with Crippen LogP contribution in [0.1, 0.15) is 118 Å². The van der Waals surface area contributed by atoms with Crippen molar-refractivity contribution < 1.29 is 35.9 Å². The first-order valence-electron chi connectivity index (χ1n) is 16.8. The summed E-state index contributed by atoms with van der Waals surface area (Å²) in [5.41, 5.74) is 8.05. The van der Waals surface area contributed by atoms with Crippen LogP contribution >= 0.6 is 0 Å². The summed E-state index contributed by atoms with van der Waals surface area (Å²) in [6.07, 6.45) is 14.6. The van der Waals surface area contributed by atoms with Gasteiger partial charge in [-0.25, -0.2) is 9.79 Å². The molecule has 0 saturated carbocycles. The third-order valence-corrected chi connectivity index (χ3v) is 8.56. The summed E-state index contributed by atoms with van der Waals surface area (Å²) >= 11 is 0. The number of benzene rings is 3. The van der Waals surface area contributed by atoms with E-state index in [9.17, 15) is 4.79 Å². The number of esters is 1. The van der Waals surface area contributed by atoms with E-state index in [4.69, 9.17) is 9.15 Å². The fraction of sp³-hybridized carbons (Fsp3) is 0.487. The van der Waals surface area contributed by atoms with Gasteiger partial charge in [0.2, 0.25) is 5.36 Å². The van der Waals surface area contributed by atoms with E-state index in [1.54, 1.807) is 0 Å². The van der Waals surface area contributed by atoms with Crippen LogP contribution in [-0.2, 0) is 11.2 Å². The van der Waals surface area contributed by atoms with Gasteiger partial charge in [-0.2, -0.15) is 0 Å². The molecular weight excluding hydrogens is 610 g/mol. The van der Waals surface area contributed by atoms with Crippen molar-refractivity contribution >= 4 is 16.9 Å². The van der Waals surface area contributed by atoms with E-state index in [0.29, 0.717) is 12.2 Å². The number of unbranched alkanes of at least 4 members (excludes halogenated alkanes) is 9. The first kappa shape index (κ1) is 35.6. The molecule has 0 bridgehead atoms. The molecule has 0 fully saturated rings. The van der Waals surface area contributed by atoms with E-state index in [1.807, 2.05) is 24.3 Å². The molecule has 0 spiro atoms. The second-order valence-corrected chi connectivity index (χ2v) is 12.1. The second kappa shape index (κ2) is 18.1. The molecule has 0 atom stereocenters. The summed E-state index contributed by atoms with van der Waals surface area (Å²) < 4.78 is 12.4. The minimum Gasteiger partial charge on any atom is -1.00 e. The van der Waals surface area contributed by atoms with Crippen LogP contribution < -0.4 is 27.3 Å². The molecular formula is C39H52BrNO3. The summed E-state index contributed by atoms with van der Waals surface area (Å²) in [5.74, 6) is 0.554. The third kappa shape index (κ3) is 9.06. The SMILES string of the molecule is CCCCCCCCCCCCOC(=O)c1ccccc1-c1c2cc(C)c(=[NH+]CC)cc-2oc2cc(CCC)c(C)cc12.[Br-]. The zero-order valence-corrected chi connectivity index (χ0v) is 29.2. The normalized spacial score (nSPS) is 11.7. The van der Waals surface area contributed by atoms with Crippen LogP contribution in [0.2, 0.25) is 0 Å². The molecule has 0 aromatic heterocycles. The second-order valence-electron chi connectivity index (χ2n) is 12.1. The molecule has 1 aliphatic carbocycles. The number of nitrogens with one attached hydrogen (secondary N) is 1. The molecule has 0 saturated heterocycles. The van der Waals surface area contributed by atoms with Gasteiger partial charge >= 0.3 is 5.97 Å². The number of halogens is 1. The molecule has 5 heteroatoms. The Morgan fingerprint density at radius 1 is 0.773 bits per heavy atom. The van der Waals surface area contributed by atoms with E-state index in [2.05, 4.69) is 63.9 Å². The van der Waals surface area contributed by atoms with Crippen molar-refractivity contribution in [3.05, 3.63) is 76.1 Å². The van der Waals surface area contributed by atoms with Crippen LogP contribution in [0.25, 0.3) is 33.4 Å². The van der Waals surface area contributed by atoms with E-state index in [1.165, 1.54) is 62.5 Å². The van der Waals surface area contributed by atoms with Crippen LogP contribution in [0.5, 0.6) is 0 Å². The van der Waals surface area contributed by atoms with Gasteiger partial charge in [-0.15, -0.1) is 0 Å². The number of rotatable bonds is 16. The number of ether oxygens (including phenoxy) is 1. The Morgan fingerprint density at radius 2 is 1.45 bits per heavy atom. The highest BCUT2D eigenvalue weighted by molar-refractivity contribution is 6.08. The van der Waals surface area contributed by atoms with Crippen molar-refractivity contribution in [1.29, 1.82) is 0 Å². The standard InChI is InChI=1S/C39H51NO3.BrH/c1-6-9-10-11-12-13-14-15-16-19-23-42-39(41)32-22-18-17-21-31(32)38-33-24-28(4)30(20-7-2)26-36(33)43-37-27-35(40-8-3)29(5)25-34(37)38;/h17-18,21-22,24-27H,6-16,19-20,23H2,1-5H3;1H. The maximum absolute atomic E-state index is 13.5. The van der Waals surface area contributed by atoms with Crippen molar-refractivity contribution in [3.8, 4) is 22.5 Å². The Hall–Kier alpha value is -2.92. The molecule has 0 amide bonds. The smallest absolute Gasteiger partial charge is 0.338 e. The summed E-state index contributed by atoms with van der Waals surface area (Å²) in [5, 5.41) is 2.09. The Kier molecular flexibility index (Phi) is 14.7. The van der Waals surface area contributed by atoms with Crippen LogP contribution in [-0.4, -0.2) is 19.1 Å². The van der Waals surface area contributed by atoms with Gasteiger partial charge in [-0.3, -0.25) is 0 Å². The minimum absolute atomic E-state index is 0. The quantitative estimate of drug-likeness (QED) is 0.0930. The summed E-state index contributed by atoms with van der Waals surface area (Å²) in [6, 6.07) is 16.6. The lowest BCUT2D eigenvalue weighted by Crippen LogP contribution is -3.00. The predicted molar refractivity (Wildman–Crippen MR) is 179 cm³/mol. The lowest BCUT2D eigenvalue weighted by molar-refractivity contribution is -0.496. The summed E-state index contributed by atoms with van der Waals surface area (Å²) in [4.78, 5) is 17.0. The van der Waals surface area contributed by atoms with Gasteiger partial charge in [-0.05, 0) is 74.6 Å². The van der Waals surface area contributed by atoms with Crippen molar-refractivity contribution in [2.75, 3.05) is 13.2 Å². The Labute approximate surface area is 275 Å². The molecule has 2 aromatic rings. The molecule has 2 aliphatic rings. The van der Waals surface area contributed by atoms with E-state index in [-0.39, 0.29) is 23.0 Å².